The molecule has 5 rings (SSSR count). The van der Waals surface area contributed by atoms with Crippen molar-refractivity contribution in [3.05, 3.63) is 96.1 Å². The smallest absolute Gasteiger partial charge is 0.0243 e. The molecular formula is C25H23N. The zero-order valence-electron chi connectivity index (χ0n) is 14.9. The van der Waals surface area contributed by atoms with Crippen molar-refractivity contribution in [3.63, 3.8) is 0 Å². The molecule has 0 unspecified atom stereocenters. The van der Waals surface area contributed by atoms with E-state index in [1.54, 1.807) is 0 Å². The van der Waals surface area contributed by atoms with Crippen LogP contribution >= 0.6 is 0 Å². The van der Waals surface area contributed by atoms with Gasteiger partial charge in [0.2, 0.25) is 0 Å². The van der Waals surface area contributed by atoms with E-state index in [1.807, 2.05) is 0 Å². The van der Waals surface area contributed by atoms with Crippen molar-refractivity contribution in [1.29, 1.82) is 0 Å². The maximum Gasteiger partial charge on any atom is 0.0243 e. The van der Waals surface area contributed by atoms with E-state index in [2.05, 4.69) is 90.2 Å². The number of benzene rings is 4. The minimum Gasteiger partial charge on any atom is -0.313 e. The van der Waals surface area contributed by atoms with Crippen LogP contribution in [-0.2, 0) is 0 Å². The fraction of sp³-hybridized carbons (Fsp3) is 0.200. The van der Waals surface area contributed by atoms with Crippen molar-refractivity contribution in [2.45, 2.75) is 24.8 Å². The molecular weight excluding hydrogens is 314 g/mol. The molecule has 1 aliphatic rings. The van der Waals surface area contributed by atoms with Gasteiger partial charge in [0.05, 0.1) is 0 Å². The van der Waals surface area contributed by atoms with E-state index in [0.717, 1.165) is 6.54 Å². The maximum absolute atomic E-state index is 3.75. The Balaban J connectivity index is 1.65. The summed E-state index contributed by atoms with van der Waals surface area (Å²) in [4.78, 5) is 0. The van der Waals surface area contributed by atoms with E-state index in [1.165, 1.54) is 45.5 Å². The lowest BCUT2D eigenvalue weighted by atomic mass is 9.83. The third kappa shape index (κ3) is 2.79. The van der Waals surface area contributed by atoms with E-state index in [4.69, 9.17) is 0 Å². The van der Waals surface area contributed by atoms with Gasteiger partial charge in [-0.25, -0.2) is 0 Å². The first-order valence-electron chi connectivity index (χ1n) is 9.59. The van der Waals surface area contributed by atoms with E-state index in [9.17, 15) is 0 Å². The van der Waals surface area contributed by atoms with Gasteiger partial charge in [-0.3, -0.25) is 0 Å². The van der Waals surface area contributed by atoms with Crippen molar-refractivity contribution in [3.8, 4) is 0 Å². The number of fused-ring (bicyclic) bond motifs is 2. The summed E-state index contributed by atoms with van der Waals surface area (Å²) in [5.74, 6) is 0.395. The van der Waals surface area contributed by atoms with E-state index < -0.39 is 0 Å². The Labute approximate surface area is 154 Å². The third-order valence-electron chi connectivity index (χ3n) is 5.77. The molecule has 4 aromatic carbocycles. The highest BCUT2D eigenvalue weighted by Crippen LogP contribution is 2.35. The second kappa shape index (κ2) is 6.59. The Morgan fingerprint density at radius 3 is 1.69 bits per heavy atom. The predicted octanol–water partition coefficient (Wildman–Crippen LogP) is 5.88. The fourth-order valence-corrected chi connectivity index (χ4v) is 4.46. The molecule has 1 aliphatic heterocycles. The van der Waals surface area contributed by atoms with Crippen molar-refractivity contribution >= 4 is 21.5 Å². The van der Waals surface area contributed by atoms with Gasteiger partial charge >= 0.3 is 0 Å². The highest BCUT2D eigenvalue weighted by atomic mass is 14.9. The van der Waals surface area contributed by atoms with Gasteiger partial charge in [-0.05, 0) is 52.1 Å². The highest BCUT2D eigenvalue weighted by Gasteiger charge is 2.27. The minimum absolute atomic E-state index is 0.395. The standard InChI is InChI=1S/C25H23N/c1-3-8-20-16-22(13-11-18(20)6-1)25(24-10-5-15-26-24)23-14-12-19-7-2-4-9-21(19)17-23/h1-4,6-9,11-14,16-17,24-26H,5,10,15H2/t24-/m1/s1. The maximum atomic E-state index is 3.75. The second-order valence-corrected chi connectivity index (χ2v) is 7.39. The number of hydrogen-bond donors (Lipinski definition) is 1. The average molecular weight is 337 g/mol. The lowest BCUT2D eigenvalue weighted by Crippen LogP contribution is -2.29. The predicted molar refractivity (Wildman–Crippen MR) is 111 cm³/mol. The summed E-state index contributed by atoms with van der Waals surface area (Å²) >= 11 is 0. The molecule has 0 saturated carbocycles. The van der Waals surface area contributed by atoms with Gasteiger partial charge in [0.1, 0.15) is 0 Å². The summed E-state index contributed by atoms with van der Waals surface area (Å²) in [5, 5.41) is 9.03. The topological polar surface area (TPSA) is 12.0 Å². The molecule has 1 atom stereocenters. The van der Waals surface area contributed by atoms with Gasteiger partial charge in [-0.15, -0.1) is 0 Å². The molecule has 0 spiro atoms. The van der Waals surface area contributed by atoms with E-state index in [0.29, 0.717) is 12.0 Å². The van der Waals surface area contributed by atoms with Gasteiger partial charge in [0.25, 0.3) is 0 Å². The molecule has 1 nitrogen and oxygen atoms in total. The van der Waals surface area contributed by atoms with Gasteiger partial charge in [-0.1, -0.05) is 84.9 Å². The molecule has 1 heterocycles. The molecule has 0 aliphatic carbocycles. The summed E-state index contributed by atoms with van der Waals surface area (Å²) in [7, 11) is 0. The zero-order valence-corrected chi connectivity index (χ0v) is 14.9. The molecule has 4 aromatic rings. The first kappa shape index (κ1) is 15.6. The summed E-state index contributed by atoms with van der Waals surface area (Å²) < 4.78 is 0. The van der Waals surface area contributed by atoms with Gasteiger partial charge in [0, 0.05) is 12.0 Å². The lowest BCUT2D eigenvalue weighted by molar-refractivity contribution is 0.541. The molecule has 1 fully saturated rings. The SMILES string of the molecule is c1ccc2cc(C(c3ccc4ccccc4c3)[C@H]3CCCN3)ccc2c1. The summed E-state index contributed by atoms with van der Waals surface area (Å²) in [6.45, 7) is 1.13. The summed E-state index contributed by atoms with van der Waals surface area (Å²) in [5.41, 5.74) is 2.83. The van der Waals surface area contributed by atoms with Crippen molar-refractivity contribution in [2.75, 3.05) is 6.54 Å². The quantitative estimate of drug-likeness (QED) is 0.492. The van der Waals surface area contributed by atoms with Crippen LogP contribution in [0.4, 0.5) is 0 Å². The van der Waals surface area contributed by atoms with Crippen molar-refractivity contribution in [1.82, 2.24) is 5.32 Å². The Morgan fingerprint density at radius 1 is 0.654 bits per heavy atom. The number of nitrogens with one attached hydrogen (secondary N) is 1. The van der Waals surface area contributed by atoms with Crippen LogP contribution in [0, 0.1) is 0 Å². The number of rotatable bonds is 3. The first-order valence-corrected chi connectivity index (χ1v) is 9.59. The van der Waals surface area contributed by atoms with Crippen LogP contribution in [0.3, 0.4) is 0 Å². The van der Waals surface area contributed by atoms with Gasteiger partial charge in [-0.2, -0.15) is 0 Å². The molecule has 0 aromatic heterocycles. The molecule has 26 heavy (non-hydrogen) atoms. The molecule has 128 valence electrons. The largest absolute Gasteiger partial charge is 0.313 e. The molecule has 0 radical (unpaired) electrons. The minimum atomic E-state index is 0.395. The molecule has 1 N–H and O–H groups in total. The highest BCUT2D eigenvalue weighted by molar-refractivity contribution is 5.84. The van der Waals surface area contributed by atoms with Gasteiger partial charge in [0.15, 0.2) is 0 Å². The Kier molecular flexibility index (Phi) is 3.95. The average Bonchev–Trinajstić information content (AvgIpc) is 3.22. The van der Waals surface area contributed by atoms with Crippen LogP contribution in [0.5, 0.6) is 0 Å². The van der Waals surface area contributed by atoms with Crippen LogP contribution in [0.1, 0.15) is 29.9 Å². The van der Waals surface area contributed by atoms with Crippen LogP contribution in [0.25, 0.3) is 21.5 Å². The van der Waals surface area contributed by atoms with E-state index >= 15 is 0 Å². The van der Waals surface area contributed by atoms with Crippen molar-refractivity contribution < 1.29 is 0 Å². The zero-order chi connectivity index (χ0) is 17.3. The number of hydrogen-bond acceptors (Lipinski definition) is 1. The molecule has 1 heteroatoms. The molecule has 1 saturated heterocycles. The van der Waals surface area contributed by atoms with Crippen LogP contribution < -0.4 is 5.32 Å². The third-order valence-corrected chi connectivity index (χ3v) is 5.77. The Bertz CT molecular complexity index is 980. The Hall–Kier alpha value is -2.64. The van der Waals surface area contributed by atoms with Crippen molar-refractivity contribution in [2.24, 2.45) is 0 Å². The second-order valence-electron chi connectivity index (χ2n) is 7.39. The summed E-state index contributed by atoms with van der Waals surface area (Å²) in [6, 6.07) is 31.8. The first-order chi connectivity index (χ1) is 12.9. The monoisotopic (exact) mass is 337 g/mol. The lowest BCUT2D eigenvalue weighted by Gasteiger charge is -2.26. The fourth-order valence-electron chi connectivity index (χ4n) is 4.46. The summed E-state index contributed by atoms with van der Waals surface area (Å²) in [6.07, 6.45) is 2.51. The molecule has 0 bridgehead atoms. The normalized spacial score (nSPS) is 17.3. The van der Waals surface area contributed by atoms with Crippen LogP contribution in [0.15, 0.2) is 84.9 Å². The molecule has 0 amide bonds. The van der Waals surface area contributed by atoms with Crippen LogP contribution in [0.2, 0.25) is 0 Å². The van der Waals surface area contributed by atoms with Gasteiger partial charge < -0.3 is 5.32 Å². The Morgan fingerprint density at radius 2 is 1.19 bits per heavy atom. The van der Waals surface area contributed by atoms with Crippen LogP contribution in [-0.4, -0.2) is 12.6 Å². The van der Waals surface area contributed by atoms with E-state index in [-0.39, 0.29) is 0 Å².